The molecule has 1 N–H and O–H groups in total. The van der Waals surface area contributed by atoms with Gasteiger partial charge in [-0.1, -0.05) is 15.9 Å². The number of methoxy groups -OCH3 is 1. The van der Waals surface area contributed by atoms with Crippen molar-refractivity contribution < 1.29 is 4.74 Å². The summed E-state index contributed by atoms with van der Waals surface area (Å²) in [6, 6.07) is 6.62. The number of benzene rings is 1. The summed E-state index contributed by atoms with van der Waals surface area (Å²) in [6.07, 6.45) is 0. The van der Waals surface area contributed by atoms with E-state index in [4.69, 9.17) is 4.74 Å². The highest BCUT2D eigenvalue weighted by molar-refractivity contribution is 9.10. The van der Waals surface area contributed by atoms with Crippen molar-refractivity contribution in [1.82, 2.24) is 5.32 Å². The second kappa shape index (κ2) is 6.29. The molecular formula is C16H20BrNOS. The Balaban J connectivity index is 2.65. The van der Waals surface area contributed by atoms with E-state index in [1.54, 1.807) is 7.11 Å². The quantitative estimate of drug-likeness (QED) is 0.855. The van der Waals surface area contributed by atoms with Crippen molar-refractivity contribution in [3.05, 3.63) is 49.1 Å². The van der Waals surface area contributed by atoms with Gasteiger partial charge in [0, 0.05) is 19.8 Å². The number of rotatable bonds is 4. The summed E-state index contributed by atoms with van der Waals surface area (Å²) in [5.74, 6) is 0.969. The summed E-state index contributed by atoms with van der Waals surface area (Å²) < 4.78 is 6.79. The van der Waals surface area contributed by atoms with E-state index in [-0.39, 0.29) is 6.04 Å². The lowest BCUT2D eigenvalue weighted by molar-refractivity contribution is 0.402. The van der Waals surface area contributed by atoms with E-state index < -0.39 is 0 Å². The molecule has 0 aliphatic heterocycles. The minimum absolute atomic E-state index is 0.153. The Morgan fingerprint density at radius 2 is 1.95 bits per heavy atom. The number of aryl methyl sites for hydroxylation is 2. The second-order valence-electron chi connectivity index (χ2n) is 4.92. The van der Waals surface area contributed by atoms with Crippen LogP contribution in [-0.4, -0.2) is 14.2 Å². The topological polar surface area (TPSA) is 21.3 Å². The first-order valence-corrected chi connectivity index (χ1v) is 8.17. The molecule has 20 heavy (non-hydrogen) atoms. The fraction of sp³-hybridized carbons (Fsp3) is 0.375. The summed E-state index contributed by atoms with van der Waals surface area (Å²) in [7, 11) is 3.74. The maximum absolute atomic E-state index is 5.67. The summed E-state index contributed by atoms with van der Waals surface area (Å²) in [4.78, 5) is 2.63. The molecule has 1 aromatic carbocycles. The minimum Gasteiger partial charge on any atom is -0.496 e. The highest BCUT2D eigenvalue weighted by Gasteiger charge is 2.23. The molecule has 1 atom stereocenters. The van der Waals surface area contributed by atoms with Gasteiger partial charge in [-0.15, -0.1) is 11.3 Å². The minimum atomic E-state index is 0.153. The molecule has 0 amide bonds. The Morgan fingerprint density at radius 3 is 2.45 bits per heavy atom. The largest absolute Gasteiger partial charge is 0.496 e. The van der Waals surface area contributed by atoms with E-state index in [0.717, 1.165) is 15.8 Å². The van der Waals surface area contributed by atoms with Gasteiger partial charge in [-0.05, 0) is 57.1 Å². The zero-order valence-corrected chi connectivity index (χ0v) is 14.9. The normalized spacial score (nSPS) is 12.5. The van der Waals surface area contributed by atoms with E-state index in [1.165, 1.54) is 20.9 Å². The maximum atomic E-state index is 5.67. The van der Waals surface area contributed by atoms with Crippen molar-refractivity contribution in [2.24, 2.45) is 0 Å². The van der Waals surface area contributed by atoms with Crippen molar-refractivity contribution in [3.8, 4) is 5.75 Å². The van der Waals surface area contributed by atoms with Crippen LogP contribution in [0.1, 0.15) is 32.5 Å². The predicted molar refractivity (Wildman–Crippen MR) is 90.1 cm³/mol. The van der Waals surface area contributed by atoms with Crippen LogP contribution in [0.4, 0.5) is 0 Å². The highest BCUT2D eigenvalue weighted by atomic mass is 79.9. The van der Waals surface area contributed by atoms with Gasteiger partial charge < -0.3 is 10.1 Å². The summed E-state index contributed by atoms with van der Waals surface area (Å²) in [5, 5.41) is 3.43. The van der Waals surface area contributed by atoms with E-state index in [0.29, 0.717) is 0 Å². The Morgan fingerprint density at radius 1 is 1.25 bits per heavy atom. The first-order valence-electron chi connectivity index (χ1n) is 6.56. The molecule has 0 saturated heterocycles. The van der Waals surface area contributed by atoms with Gasteiger partial charge in [-0.2, -0.15) is 0 Å². The van der Waals surface area contributed by atoms with Crippen LogP contribution in [0.15, 0.2) is 22.7 Å². The Kier molecular flexibility index (Phi) is 4.89. The highest BCUT2D eigenvalue weighted by Crippen LogP contribution is 2.40. The van der Waals surface area contributed by atoms with E-state index in [1.807, 2.05) is 18.4 Å². The molecule has 1 aromatic heterocycles. The molecule has 0 spiro atoms. The number of ether oxygens (including phenoxy) is 1. The van der Waals surface area contributed by atoms with Crippen molar-refractivity contribution in [1.29, 1.82) is 0 Å². The molecule has 0 saturated carbocycles. The molecule has 1 heterocycles. The van der Waals surface area contributed by atoms with Crippen LogP contribution in [0.2, 0.25) is 0 Å². The van der Waals surface area contributed by atoms with Gasteiger partial charge in [-0.25, -0.2) is 0 Å². The van der Waals surface area contributed by atoms with Crippen LogP contribution in [0.3, 0.4) is 0 Å². The van der Waals surface area contributed by atoms with Gasteiger partial charge in [0.15, 0.2) is 0 Å². The zero-order valence-electron chi connectivity index (χ0n) is 12.5. The predicted octanol–water partition coefficient (Wildman–Crippen LogP) is 4.75. The Hall–Kier alpha value is -0.840. The van der Waals surface area contributed by atoms with Gasteiger partial charge in [0.05, 0.1) is 13.2 Å². The molecule has 1 unspecified atom stereocenters. The van der Waals surface area contributed by atoms with Gasteiger partial charge in [-0.3, -0.25) is 0 Å². The van der Waals surface area contributed by atoms with Crippen molar-refractivity contribution in [2.75, 3.05) is 14.2 Å². The number of hydrogen-bond acceptors (Lipinski definition) is 3. The number of thiophene rings is 1. The van der Waals surface area contributed by atoms with Crippen molar-refractivity contribution in [3.63, 3.8) is 0 Å². The van der Waals surface area contributed by atoms with E-state index >= 15 is 0 Å². The summed E-state index contributed by atoms with van der Waals surface area (Å²) in [6.45, 7) is 6.35. The molecule has 2 aromatic rings. The van der Waals surface area contributed by atoms with Crippen LogP contribution in [0, 0.1) is 20.8 Å². The van der Waals surface area contributed by atoms with E-state index in [9.17, 15) is 0 Å². The van der Waals surface area contributed by atoms with Crippen LogP contribution in [-0.2, 0) is 0 Å². The monoisotopic (exact) mass is 353 g/mol. The van der Waals surface area contributed by atoms with Crippen LogP contribution in [0.25, 0.3) is 0 Å². The Labute approximate surface area is 133 Å². The first kappa shape index (κ1) is 15.5. The van der Waals surface area contributed by atoms with Gasteiger partial charge in [0.1, 0.15) is 5.75 Å². The van der Waals surface area contributed by atoms with Crippen molar-refractivity contribution >= 4 is 27.3 Å². The maximum Gasteiger partial charge on any atom is 0.127 e. The molecule has 0 bridgehead atoms. The van der Waals surface area contributed by atoms with Crippen LogP contribution in [0.5, 0.6) is 5.75 Å². The number of halogens is 1. The third-order valence-corrected chi connectivity index (χ3v) is 5.42. The van der Waals surface area contributed by atoms with Crippen LogP contribution < -0.4 is 10.1 Å². The standard InChI is InChI=1S/C16H20BrNOS/c1-9-8-12(17)11(3)14(16(9)19-5)15(18-4)13-7-6-10(2)20-13/h6-8,15,18H,1-5H3. The fourth-order valence-electron chi connectivity index (χ4n) is 2.53. The first-order chi connectivity index (χ1) is 9.49. The number of hydrogen-bond donors (Lipinski definition) is 1. The smallest absolute Gasteiger partial charge is 0.127 e. The summed E-state index contributed by atoms with van der Waals surface area (Å²) >= 11 is 5.48. The molecule has 0 radical (unpaired) electrons. The molecular weight excluding hydrogens is 334 g/mol. The molecule has 2 rings (SSSR count). The lowest BCUT2D eigenvalue weighted by Gasteiger charge is -2.23. The molecule has 0 aliphatic rings. The van der Waals surface area contributed by atoms with Gasteiger partial charge in [0.25, 0.3) is 0 Å². The number of nitrogens with one attached hydrogen (secondary N) is 1. The van der Waals surface area contributed by atoms with Gasteiger partial charge in [0.2, 0.25) is 0 Å². The average Bonchev–Trinajstić information content (AvgIpc) is 2.83. The molecule has 0 aliphatic carbocycles. The van der Waals surface area contributed by atoms with E-state index in [2.05, 4.69) is 60.2 Å². The molecule has 0 fully saturated rings. The van der Waals surface area contributed by atoms with Crippen molar-refractivity contribution in [2.45, 2.75) is 26.8 Å². The Bertz CT molecular complexity index is 621. The zero-order chi connectivity index (χ0) is 14.9. The molecule has 4 heteroatoms. The molecule has 2 nitrogen and oxygen atoms in total. The van der Waals surface area contributed by atoms with Gasteiger partial charge >= 0.3 is 0 Å². The second-order valence-corrected chi connectivity index (χ2v) is 7.09. The average molecular weight is 354 g/mol. The third kappa shape index (κ3) is 2.78. The SMILES string of the molecule is CNC(c1ccc(C)s1)c1c(C)c(Br)cc(C)c1OC. The lowest BCUT2D eigenvalue weighted by atomic mass is 9.96. The summed E-state index contributed by atoms with van der Waals surface area (Å²) in [5.41, 5.74) is 3.58. The van der Waals surface area contributed by atoms with Crippen LogP contribution >= 0.6 is 27.3 Å². The third-order valence-electron chi connectivity index (χ3n) is 3.54. The molecule has 108 valence electrons. The fourth-order valence-corrected chi connectivity index (χ4v) is 4.09. The lowest BCUT2D eigenvalue weighted by Crippen LogP contribution is -2.19.